The summed E-state index contributed by atoms with van der Waals surface area (Å²) in [6.45, 7) is 0.301. The minimum Gasteiger partial charge on any atom is -0.454 e. The molecule has 26 heavy (non-hydrogen) atoms. The standard InChI is InChI=1S/C16H19F2N5O3/c1-2-19-16(21-8-11-3-4-22-23-11)20-7-10-5-13-14(25-9-24-13)6-12(10)26-15(17)18/h3-6,15H,2,7-9H2,1H3,(H,22,23)(H2,19,20,21). The van der Waals surface area contributed by atoms with Gasteiger partial charge in [-0.05, 0) is 19.1 Å². The van der Waals surface area contributed by atoms with Gasteiger partial charge in [0.2, 0.25) is 6.79 Å². The Labute approximate surface area is 148 Å². The van der Waals surface area contributed by atoms with Crippen LogP contribution in [0.3, 0.4) is 0 Å². The van der Waals surface area contributed by atoms with Crippen LogP contribution in [0.25, 0.3) is 0 Å². The third-order valence-electron chi connectivity index (χ3n) is 3.53. The number of hydrogen-bond acceptors (Lipinski definition) is 5. The summed E-state index contributed by atoms with van der Waals surface area (Å²) in [5, 5.41) is 12.9. The van der Waals surface area contributed by atoms with Crippen LogP contribution in [0.1, 0.15) is 18.2 Å². The molecule has 0 amide bonds. The number of hydrogen-bond donors (Lipinski definition) is 3. The summed E-state index contributed by atoms with van der Waals surface area (Å²) in [4.78, 5) is 4.42. The topological polar surface area (TPSA) is 92.8 Å². The molecule has 0 atom stereocenters. The van der Waals surface area contributed by atoms with Crippen molar-refractivity contribution in [2.24, 2.45) is 4.99 Å². The Hall–Kier alpha value is -3.04. The van der Waals surface area contributed by atoms with Crippen molar-refractivity contribution < 1.29 is 23.0 Å². The number of nitrogens with one attached hydrogen (secondary N) is 3. The largest absolute Gasteiger partial charge is 0.454 e. The number of aromatic nitrogens is 2. The van der Waals surface area contributed by atoms with Crippen molar-refractivity contribution in [3.63, 3.8) is 0 Å². The van der Waals surface area contributed by atoms with E-state index >= 15 is 0 Å². The third kappa shape index (κ3) is 4.52. The van der Waals surface area contributed by atoms with Crippen molar-refractivity contribution >= 4 is 5.96 Å². The van der Waals surface area contributed by atoms with Gasteiger partial charge in [0, 0.05) is 24.4 Å². The molecule has 0 unspecified atom stereocenters. The van der Waals surface area contributed by atoms with Crippen LogP contribution in [0, 0.1) is 0 Å². The molecule has 1 aliphatic rings. The Morgan fingerprint density at radius 3 is 2.85 bits per heavy atom. The zero-order valence-electron chi connectivity index (χ0n) is 14.1. The Morgan fingerprint density at radius 1 is 1.35 bits per heavy atom. The zero-order valence-corrected chi connectivity index (χ0v) is 14.1. The fraction of sp³-hybridized carbons (Fsp3) is 0.375. The Balaban J connectivity index is 1.75. The lowest BCUT2D eigenvalue weighted by atomic mass is 10.1. The average Bonchev–Trinajstić information content (AvgIpc) is 3.27. The summed E-state index contributed by atoms with van der Waals surface area (Å²) >= 11 is 0. The highest BCUT2D eigenvalue weighted by Gasteiger charge is 2.20. The zero-order chi connectivity index (χ0) is 18.4. The van der Waals surface area contributed by atoms with Crippen LogP contribution in [0.5, 0.6) is 17.2 Å². The summed E-state index contributed by atoms with van der Waals surface area (Å²) in [5.41, 5.74) is 1.36. The van der Waals surface area contributed by atoms with Crippen LogP contribution in [0.15, 0.2) is 29.4 Å². The summed E-state index contributed by atoms with van der Waals surface area (Å²) in [7, 11) is 0. The normalized spacial score (nSPS) is 13.2. The lowest BCUT2D eigenvalue weighted by molar-refractivity contribution is -0.0505. The molecule has 2 heterocycles. The average molecular weight is 367 g/mol. The van der Waals surface area contributed by atoms with Gasteiger partial charge in [-0.3, -0.25) is 5.10 Å². The predicted octanol–water partition coefficient (Wildman–Crippen LogP) is 2.00. The van der Waals surface area contributed by atoms with E-state index in [0.717, 1.165) is 5.69 Å². The second-order valence-corrected chi connectivity index (χ2v) is 5.32. The second kappa shape index (κ2) is 8.37. The highest BCUT2D eigenvalue weighted by atomic mass is 19.3. The summed E-state index contributed by atoms with van der Waals surface area (Å²) < 4.78 is 40.5. The molecular weight excluding hydrogens is 348 g/mol. The van der Waals surface area contributed by atoms with Crippen LogP contribution in [0.4, 0.5) is 8.78 Å². The molecule has 1 aromatic heterocycles. The molecule has 0 radical (unpaired) electrons. The van der Waals surface area contributed by atoms with Crippen molar-refractivity contribution in [1.82, 2.24) is 20.8 Å². The van der Waals surface area contributed by atoms with Crippen LogP contribution in [-0.2, 0) is 13.1 Å². The van der Waals surface area contributed by atoms with E-state index in [2.05, 4.69) is 30.6 Å². The van der Waals surface area contributed by atoms with Crippen LogP contribution < -0.4 is 24.8 Å². The van der Waals surface area contributed by atoms with E-state index in [1.807, 2.05) is 13.0 Å². The summed E-state index contributed by atoms with van der Waals surface area (Å²) in [6.07, 6.45) is 1.65. The monoisotopic (exact) mass is 367 g/mol. The highest BCUT2D eigenvalue weighted by Crippen LogP contribution is 2.38. The number of guanidine groups is 1. The minimum atomic E-state index is -2.94. The fourth-order valence-corrected chi connectivity index (χ4v) is 2.36. The van der Waals surface area contributed by atoms with Crippen molar-refractivity contribution in [2.45, 2.75) is 26.6 Å². The van der Waals surface area contributed by atoms with Gasteiger partial charge in [-0.1, -0.05) is 0 Å². The molecule has 0 saturated heterocycles. The fourth-order valence-electron chi connectivity index (χ4n) is 2.36. The molecule has 0 aliphatic carbocycles. The summed E-state index contributed by atoms with van der Waals surface area (Å²) in [5.74, 6) is 1.39. The lowest BCUT2D eigenvalue weighted by Crippen LogP contribution is -2.36. The number of H-pyrrole nitrogens is 1. The number of halogens is 2. The van der Waals surface area contributed by atoms with Crippen molar-refractivity contribution in [2.75, 3.05) is 13.3 Å². The van der Waals surface area contributed by atoms with Gasteiger partial charge in [0.05, 0.1) is 18.8 Å². The first-order chi connectivity index (χ1) is 12.7. The molecule has 3 rings (SSSR count). The molecule has 0 saturated carbocycles. The Morgan fingerprint density at radius 2 is 2.15 bits per heavy atom. The Kier molecular flexibility index (Phi) is 5.72. The van der Waals surface area contributed by atoms with Gasteiger partial charge in [-0.15, -0.1) is 0 Å². The first kappa shape index (κ1) is 17.8. The quantitative estimate of drug-likeness (QED) is 0.512. The van der Waals surface area contributed by atoms with Crippen LogP contribution >= 0.6 is 0 Å². The molecule has 10 heteroatoms. The van der Waals surface area contributed by atoms with E-state index in [1.54, 1.807) is 12.3 Å². The van der Waals surface area contributed by atoms with Gasteiger partial charge >= 0.3 is 6.61 Å². The molecule has 0 spiro atoms. The third-order valence-corrected chi connectivity index (χ3v) is 3.53. The minimum absolute atomic E-state index is 0.0115. The van der Waals surface area contributed by atoms with Crippen LogP contribution in [0.2, 0.25) is 0 Å². The SMILES string of the molecule is CCNC(=NCc1cc2c(cc1OC(F)F)OCO2)NCc1ccn[nH]1. The molecule has 2 aromatic rings. The van der Waals surface area contributed by atoms with Crippen molar-refractivity contribution in [3.8, 4) is 17.2 Å². The molecule has 1 aliphatic heterocycles. The number of fused-ring (bicyclic) bond motifs is 1. The van der Waals surface area contributed by atoms with Crippen molar-refractivity contribution in [3.05, 3.63) is 35.7 Å². The molecule has 8 nitrogen and oxygen atoms in total. The molecule has 3 N–H and O–H groups in total. The maximum absolute atomic E-state index is 12.7. The number of ether oxygens (including phenoxy) is 3. The number of aliphatic imine (C=N–C) groups is 1. The number of nitrogens with zero attached hydrogens (tertiary/aromatic N) is 2. The van der Waals surface area contributed by atoms with Crippen molar-refractivity contribution in [1.29, 1.82) is 0 Å². The maximum atomic E-state index is 12.7. The van der Waals surface area contributed by atoms with Crippen LogP contribution in [-0.4, -0.2) is 36.1 Å². The van der Waals surface area contributed by atoms with E-state index in [-0.39, 0.29) is 19.1 Å². The van der Waals surface area contributed by atoms with Gasteiger partial charge < -0.3 is 24.8 Å². The van der Waals surface area contributed by atoms with E-state index in [1.165, 1.54) is 6.07 Å². The highest BCUT2D eigenvalue weighted by molar-refractivity contribution is 5.79. The van der Waals surface area contributed by atoms with Gasteiger partial charge in [0.25, 0.3) is 0 Å². The Bertz CT molecular complexity index is 753. The number of aromatic amines is 1. The number of benzene rings is 1. The molecule has 0 bridgehead atoms. The van der Waals surface area contributed by atoms with Gasteiger partial charge in [-0.2, -0.15) is 13.9 Å². The summed E-state index contributed by atoms with van der Waals surface area (Å²) in [6, 6.07) is 4.83. The van der Waals surface area contributed by atoms with E-state index in [4.69, 9.17) is 9.47 Å². The van der Waals surface area contributed by atoms with E-state index in [9.17, 15) is 8.78 Å². The lowest BCUT2D eigenvalue weighted by Gasteiger charge is -2.13. The maximum Gasteiger partial charge on any atom is 0.387 e. The van der Waals surface area contributed by atoms with Gasteiger partial charge in [-0.25, -0.2) is 4.99 Å². The second-order valence-electron chi connectivity index (χ2n) is 5.32. The molecule has 140 valence electrons. The molecular formula is C16H19F2N5O3. The number of alkyl halides is 2. The number of rotatable bonds is 7. The first-order valence-corrected chi connectivity index (χ1v) is 8.03. The predicted molar refractivity (Wildman–Crippen MR) is 89.4 cm³/mol. The first-order valence-electron chi connectivity index (χ1n) is 8.03. The van der Waals surface area contributed by atoms with Gasteiger partial charge in [0.15, 0.2) is 17.5 Å². The van der Waals surface area contributed by atoms with E-state index < -0.39 is 6.61 Å². The smallest absolute Gasteiger partial charge is 0.387 e. The molecule has 0 fully saturated rings. The van der Waals surface area contributed by atoms with E-state index in [0.29, 0.717) is 36.1 Å². The molecule has 1 aromatic carbocycles. The van der Waals surface area contributed by atoms with Gasteiger partial charge in [0.1, 0.15) is 5.75 Å².